The van der Waals surface area contributed by atoms with E-state index in [0.717, 1.165) is 45.6 Å². The Morgan fingerprint density at radius 3 is 2.38 bits per heavy atom. The number of nitrogens with zero attached hydrogens (tertiary/aromatic N) is 2. The molecule has 0 saturated carbocycles. The van der Waals surface area contributed by atoms with E-state index in [1.165, 1.54) is 16.7 Å². The number of amides is 2. The van der Waals surface area contributed by atoms with Gasteiger partial charge in [0.1, 0.15) is 0 Å². The fraction of sp³-hybridized carbons (Fsp3) is 0.320. The van der Waals surface area contributed by atoms with E-state index in [1.54, 1.807) is 24.3 Å². The van der Waals surface area contributed by atoms with E-state index in [4.69, 9.17) is 11.6 Å². The van der Waals surface area contributed by atoms with Crippen LogP contribution in [0.25, 0.3) is 0 Å². The van der Waals surface area contributed by atoms with E-state index in [2.05, 4.69) is 35.9 Å². The van der Waals surface area contributed by atoms with E-state index >= 15 is 0 Å². The summed E-state index contributed by atoms with van der Waals surface area (Å²) >= 11 is 8.61. The lowest BCUT2D eigenvalue weighted by atomic mass is 9.71. The summed E-state index contributed by atoms with van der Waals surface area (Å²) in [5, 5.41) is 1.34. The van der Waals surface area contributed by atoms with Gasteiger partial charge in [0.05, 0.1) is 16.1 Å². The molecule has 9 heteroatoms. The summed E-state index contributed by atoms with van der Waals surface area (Å²) in [7, 11) is 0. The van der Waals surface area contributed by atoms with Crippen LogP contribution in [0.5, 0.6) is 0 Å². The molecule has 6 nitrogen and oxygen atoms in total. The number of anilines is 2. The Balaban J connectivity index is 1.61. The van der Waals surface area contributed by atoms with Crippen LogP contribution in [0, 0.1) is 5.41 Å². The molecule has 1 fully saturated rings. The number of imide groups is 1. The van der Waals surface area contributed by atoms with Gasteiger partial charge in [0.15, 0.2) is 0 Å². The van der Waals surface area contributed by atoms with Crippen LogP contribution in [-0.4, -0.2) is 35.6 Å². The average molecular weight is 514 g/mol. The molecule has 176 valence electrons. The molecule has 2 atom stereocenters. The maximum atomic E-state index is 14.0. The SMILES string of the molecule is CCN(CC)c1ccc([C@H]2c3sc(=O)[nH]c3SC[C@]23CC(=O)N(c2ccc(Cl)cc2)C3=O)cc1. The molecule has 0 bridgehead atoms. The molecule has 0 unspecified atom stereocenters. The Kier molecular flexibility index (Phi) is 6.08. The van der Waals surface area contributed by atoms with E-state index in [0.29, 0.717) is 16.5 Å². The first-order chi connectivity index (χ1) is 16.4. The molecule has 34 heavy (non-hydrogen) atoms. The summed E-state index contributed by atoms with van der Waals surface area (Å²) in [4.78, 5) is 46.7. The molecule has 5 rings (SSSR count). The summed E-state index contributed by atoms with van der Waals surface area (Å²) in [5.41, 5.74) is 1.60. The Morgan fingerprint density at radius 2 is 1.74 bits per heavy atom. The molecule has 3 heterocycles. The molecule has 2 amide bonds. The molecule has 2 aliphatic heterocycles. The van der Waals surface area contributed by atoms with Crippen molar-refractivity contribution in [2.75, 3.05) is 28.6 Å². The van der Waals surface area contributed by atoms with Crippen LogP contribution >= 0.6 is 34.7 Å². The van der Waals surface area contributed by atoms with Crippen LogP contribution in [-0.2, 0) is 9.59 Å². The Morgan fingerprint density at radius 1 is 1.06 bits per heavy atom. The van der Waals surface area contributed by atoms with Crippen molar-refractivity contribution >= 4 is 57.9 Å². The second kappa shape index (κ2) is 8.91. The number of nitrogens with one attached hydrogen (secondary N) is 1. The monoisotopic (exact) mass is 513 g/mol. The van der Waals surface area contributed by atoms with Gasteiger partial charge in [-0.15, -0.1) is 11.8 Å². The number of aromatic amines is 1. The normalized spacial score (nSPS) is 21.9. The number of hydrogen-bond acceptors (Lipinski definition) is 6. The Labute approximate surface area is 210 Å². The molecule has 1 spiro atoms. The van der Waals surface area contributed by atoms with Crippen LogP contribution in [0.15, 0.2) is 58.4 Å². The third kappa shape index (κ3) is 3.68. The van der Waals surface area contributed by atoms with Crippen molar-refractivity contribution in [3.63, 3.8) is 0 Å². The van der Waals surface area contributed by atoms with Gasteiger partial charge >= 0.3 is 4.87 Å². The second-order valence-electron chi connectivity index (χ2n) is 8.54. The lowest BCUT2D eigenvalue weighted by Crippen LogP contribution is -2.43. The number of carbonyl (C=O) groups excluding carboxylic acids is 2. The third-order valence-corrected chi connectivity index (χ3v) is 9.31. The zero-order chi connectivity index (χ0) is 24.0. The van der Waals surface area contributed by atoms with Crippen LogP contribution < -0.4 is 14.7 Å². The first-order valence-corrected chi connectivity index (χ1v) is 13.4. The van der Waals surface area contributed by atoms with E-state index in [-0.39, 0.29) is 29.0 Å². The lowest BCUT2D eigenvalue weighted by molar-refractivity contribution is -0.125. The molecule has 2 aromatic carbocycles. The number of hydrogen-bond donors (Lipinski definition) is 1. The topological polar surface area (TPSA) is 73.5 Å². The minimum atomic E-state index is -0.962. The van der Waals surface area contributed by atoms with Crippen molar-refractivity contribution < 1.29 is 9.59 Å². The zero-order valence-corrected chi connectivity index (χ0v) is 21.2. The highest BCUT2D eigenvalue weighted by Crippen LogP contribution is 2.57. The maximum Gasteiger partial charge on any atom is 0.305 e. The molecule has 2 aliphatic rings. The second-order valence-corrected chi connectivity index (χ2v) is 11.0. The zero-order valence-electron chi connectivity index (χ0n) is 18.8. The lowest BCUT2D eigenvalue weighted by Gasteiger charge is -2.38. The van der Waals surface area contributed by atoms with Gasteiger partial charge in [0, 0.05) is 46.8 Å². The number of fused-ring (bicyclic) bond motifs is 1. The van der Waals surface area contributed by atoms with Crippen LogP contribution in [0.2, 0.25) is 5.02 Å². The third-order valence-electron chi connectivity index (χ3n) is 6.72. The molecular formula is C25H24ClN3O3S2. The quantitative estimate of drug-likeness (QED) is 0.479. The highest BCUT2D eigenvalue weighted by atomic mass is 35.5. The molecule has 0 aliphatic carbocycles. The number of H-pyrrole nitrogens is 1. The molecule has 1 aromatic heterocycles. The minimum absolute atomic E-state index is 0.0927. The largest absolute Gasteiger partial charge is 0.372 e. The summed E-state index contributed by atoms with van der Waals surface area (Å²) in [6, 6.07) is 14.9. The van der Waals surface area contributed by atoms with E-state index in [9.17, 15) is 14.4 Å². The minimum Gasteiger partial charge on any atom is -0.372 e. The van der Waals surface area contributed by atoms with Crippen LogP contribution in [0.1, 0.15) is 36.6 Å². The van der Waals surface area contributed by atoms with Crippen molar-refractivity contribution in [3.05, 3.63) is 73.7 Å². The average Bonchev–Trinajstić information content (AvgIpc) is 3.32. The van der Waals surface area contributed by atoms with Gasteiger partial charge in [0.2, 0.25) is 11.8 Å². The fourth-order valence-electron chi connectivity index (χ4n) is 5.05. The van der Waals surface area contributed by atoms with Crippen LogP contribution in [0.4, 0.5) is 11.4 Å². The maximum absolute atomic E-state index is 14.0. The predicted molar refractivity (Wildman–Crippen MR) is 139 cm³/mol. The van der Waals surface area contributed by atoms with E-state index in [1.807, 2.05) is 12.1 Å². The number of rotatable bonds is 5. The van der Waals surface area contributed by atoms with Gasteiger partial charge in [-0.3, -0.25) is 14.4 Å². The number of halogens is 1. The molecular weight excluding hydrogens is 490 g/mol. The van der Waals surface area contributed by atoms with Crippen molar-refractivity contribution in [1.82, 2.24) is 4.98 Å². The molecule has 3 aromatic rings. The van der Waals surface area contributed by atoms with Gasteiger partial charge < -0.3 is 9.88 Å². The standard InChI is InChI=1S/C25H24ClN3O3S2/c1-3-28(4-2)17-9-5-15(6-10-17)20-21-22(27-24(32)34-21)33-14-25(20)13-19(30)29(23(25)31)18-11-7-16(26)8-12-18/h5-12,20H,3-4,13-14H2,1-2H3,(H,27,32)/t20-,25+/m0/s1. The summed E-state index contributed by atoms with van der Waals surface area (Å²) < 4.78 is 0. The van der Waals surface area contributed by atoms with Crippen molar-refractivity contribution in [3.8, 4) is 0 Å². The first kappa shape index (κ1) is 23.2. The highest BCUT2D eigenvalue weighted by Gasteiger charge is 2.59. The van der Waals surface area contributed by atoms with Crippen molar-refractivity contribution in [1.29, 1.82) is 0 Å². The first-order valence-electron chi connectivity index (χ1n) is 11.2. The summed E-state index contributed by atoms with van der Waals surface area (Å²) in [5.74, 6) is -0.420. The highest BCUT2D eigenvalue weighted by molar-refractivity contribution is 7.99. The van der Waals surface area contributed by atoms with Gasteiger partial charge in [-0.25, -0.2) is 4.90 Å². The van der Waals surface area contributed by atoms with Gasteiger partial charge in [-0.05, 0) is 55.8 Å². The predicted octanol–water partition coefficient (Wildman–Crippen LogP) is 5.12. The Bertz CT molecular complexity index is 1300. The molecule has 1 N–H and O–H groups in total. The van der Waals surface area contributed by atoms with Gasteiger partial charge in [-0.1, -0.05) is 35.1 Å². The summed E-state index contributed by atoms with van der Waals surface area (Å²) in [6.45, 7) is 6.02. The summed E-state index contributed by atoms with van der Waals surface area (Å²) in [6.07, 6.45) is 0.0927. The fourth-order valence-corrected chi connectivity index (χ4v) is 7.73. The van der Waals surface area contributed by atoms with Crippen LogP contribution in [0.3, 0.4) is 0 Å². The van der Waals surface area contributed by atoms with Gasteiger partial charge in [0.25, 0.3) is 0 Å². The number of benzene rings is 2. The number of thioether (sulfide) groups is 1. The Hall–Kier alpha value is -2.55. The number of thiazole rings is 1. The number of carbonyl (C=O) groups is 2. The molecule has 1 saturated heterocycles. The van der Waals surface area contributed by atoms with E-state index < -0.39 is 5.41 Å². The van der Waals surface area contributed by atoms with Gasteiger partial charge in [-0.2, -0.15) is 0 Å². The smallest absolute Gasteiger partial charge is 0.305 e. The molecule has 0 radical (unpaired) electrons. The van der Waals surface area contributed by atoms with Crippen molar-refractivity contribution in [2.45, 2.75) is 31.2 Å². The number of aromatic nitrogens is 1. The van der Waals surface area contributed by atoms with Crippen molar-refractivity contribution in [2.24, 2.45) is 5.41 Å².